The number of nitrogens with one attached hydrogen (secondary N) is 1. The molecule has 1 amide bonds. The van der Waals surface area contributed by atoms with Crippen molar-refractivity contribution in [2.45, 2.75) is 25.6 Å². The van der Waals surface area contributed by atoms with E-state index in [1.165, 1.54) is 6.07 Å². The van der Waals surface area contributed by atoms with E-state index in [4.69, 9.17) is 5.73 Å². The van der Waals surface area contributed by atoms with E-state index < -0.39 is 0 Å². The number of rotatable bonds is 7. The second kappa shape index (κ2) is 8.17. The second-order valence-electron chi connectivity index (χ2n) is 4.58. The van der Waals surface area contributed by atoms with Gasteiger partial charge in [-0.1, -0.05) is 25.1 Å². The fourth-order valence-corrected chi connectivity index (χ4v) is 2.29. The number of thioether (sulfide) groups is 1. The van der Waals surface area contributed by atoms with Crippen LogP contribution in [0.4, 0.5) is 4.39 Å². The molecule has 2 unspecified atom stereocenters. The van der Waals surface area contributed by atoms with Crippen molar-refractivity contribution < 1.29 is 9.18 Å². The fourth-order valence-electron chi connectivity index (χ4n) is 1.44. The molecule has 1 aromatic carbocycles. The molecule has 0 saturated heterocycles. The highest BCUT2D eigenvalue weighted by Crippen LogP contribution is 2.14. The molecule has 2 atom stereocenters. The lowest BCUT2D eigenvalue weighted by Crippen LogP contribution is -2.39. The summed E-state index contributed by atoms with van der Waals surface area (Å²) in [6.45, 7) is 4.21. The summed E-state index contributed by atoms with van der Waals surface area (Å²) >= 11 is 1.60. The maximum Gasteiger partial charge on any atom is 0.224 e. The zero-order valence-corrected chi connectivity index (χ0v) is 12.2. The van der Waals surface area contributed by atoms with Crippen LogP contribution in [0.2, 0.25) is 0 Å². The number of halogens is 1. The highest BCUT2D eigenvalue weighted by molar-refractivity contribution is 7.98. The molecular formula is C14H21FN2OS. The molecule has 0 aromatic heterocycles. The van der Waals surface area contributed by atoms with E-state index in [0.717, 1.165) is 5.75 Å². The van der Waals surface area contributed by atoms with Gasteiger partial charge in [0.15, 0.2) is 0 Å². The Morgan fingerprint density at radius 3 is 2.74 bits per heavy atom. The van der Waals surface area contributed by atoms with E-state index in [2.05, 4.69) is 5.32 Å². The highest BCUT2D eigenvalue weighted by Gasteiger charge is 2.15. The van der Waals surface area contributed by atoms with Gasteiger partial charge in [-0.2, -0.15) is 11.8 Å². The Labute approximate surface area is 118 Å². The zero-order chi connectivity index (χ0) is 14.3. The first-order chi connectivity index (χ1) is 9.02. The Hall–Kier alpha value is -1.07. The van der Waals surface area contributed by atoms with Gasteiger partial charge in [-0.25, -0.2) is 4.39 Å². The lowest BCUT2D eigenvalue weighted by Gasteiger charge is -2.15. The minimum Gasteiger partial charge on any atom is -0.355 e. The first kappa shape index (κ1) is 16.0. The van der Waals surface area contributed by atoms with Gasteiger partial charge < -0.3 is 11.1 Å². The normalized spacial score (nSPS) is 13.9. The molecule has 19 heavy (non-hydrogen) atoms. The molecule has 5 heteroatoms. The smallest absolute Gasteiger partial charge is 0.224 e. The van der Waals surface area contributed by atoms with Crippen LogP contribution in [0.1, 0.15) is 19.4 Å². The molecule has 3 nitrogen and oxygen atoms in total. The van der Waals surface area contributed by atoms with Crippen molar-refractivity contribution >= 4 is 17.7 Å². The van der Waals surface area contributed by atoms with Crippen LogP contribution < -0.4 is 11.1 Å². The molecule has 0 aliphatic carbocycles. The minimum atomic E-state index is -0.184. The maximum atomic E-state index is 13.3. The van der Waals surface area contributed by atoms with Crippen LogP contribution in [0.3, 0.4) is 0 Å². The van der Waals surface area contributed by atoms with Crippen molar-refractivity contribution in [1.29, 1.82) is 0 Å². The third kappa shape index (κ3) is 5.61. The van der Waals surface area contributed by atoms with Crippen molar-refractivity contribution in [2.24, 2.45) is 11.7 Å². The summed E-state index contributed by atoms with van der Waals surface area (Å²) in [5.41, 5.74) is 6.35. The van der Waals surface area contributed by atoms with E-state index in [1.807, 2.05) is 19.9 Å². The largest absolute Gasteiger partial charge is 0.355 e. The van der Waals surface area contributed by atoms with Crippen LogP contribution in [-0.2, 0) is 10.5 Å². The average molecular weight is 284 g/mol. The van der Waals surface area contributed by atoms with E-state index in [0.29, 0.717) is 17.9 Å². The third-order valence-electron chi connectivity index (χ3n) is 2.96. The topological polar surface area (TPSA) is 55.1 Å². The van der Waals surface area contributed by atoms with Crippen LogP contribution in [-0.4, -0.2) is 24.2 Å². The van der Waals surface area contributed by atoms with Crippen molar-refractivity contribution in [3.05, 3.63) is 35.6 Å². The summed E-state index contributed by atoms with van der Waals surface area (Å²) < 4.78 is 13.3. The first-order valence-corrected chi connectivity index (χ1v) is 7.52. The molecular weight excluding hydrogens is 263 g/mol. The van der Waals surface area contributed by atoms with Crippen LogP contribution in [0.5, 0.6) is 0 Å². The van der Waals surface area contributed by atoms with Gasteiger partial charge in [-0.15, -0.1) is 0 Å². The van der Waals surface area contributed by atoms with E-state index in [1.54, 1.807) is 23.9 Å². The molecule has 0 saturated carbocycles. The SMILES string of the molecule is CC(N)C(C)C(=O)NCCSCc1ccccc1F. The van der Waals surface area contributed by atoms with Crippen LogP contribution >= 0.6 is 11.8 Å². The van der Waals surface area contributed by atoms with Gasteiger partial charge in [0.05, 0.1) is 0 Å². The minimum absolute atomic E-state index is 0.0264. The number of hydrogen-bond donors (Lipinski definition) is 2. The summed E-state index contributed by atoms with van der Waals surface area (Å²) in [5, 5.41) is 2.83. The molecule has 3 N–H and O–H groups in total. The molecule has 0 aliphatic rings. The van der Waals surface area contributed by atoms with E-state index in [9.17, 15) is 9.18 Å². The average Bonchev–Trinajstić information content (AvgIpc) is 2.39. The molecule has 0 aliphatic heterocycles. The Balaban J connectivity index is 2.18. The molecule has 1 rings (SSSR count). The van der Waals surface area contributed by atoms with Gasteiger partial charge in [-0.05, 0) is 18.6 Å². The molecule has 0 heterocycles. The van der Waals surface area contributed by atoms with Crippen molar-refractivity contribution in [1.82, 2.24) is 5.32 Å². The Morgan fingerprint density at radius 1 is 1.42 bits per heavy atom. The number of benzene rings is 1. The van der Waals surface area contributed by atoms with E-state index >= 15 is 0 Å². The predicted molar refractivity (Wildman–Crippen MR) is 78.4 cm³/mol. The summed E-state index contributed by atoms with van der Waals surface area (Å²) in [4.78, 5) is 11.6. The number of amides is 1. The van der Waals surface area contributed by atoms with Gasteiger partial charge >= 0.3 is 0 Å². The number of hydrogen-bond acceptors (Lipinski definition) is 3. The van der Waals surface area contributed by atoms with Gasteiger partial charge in [0.2, 0.25) is 5.91 Å². The maximum absolute atomic E-state index is 13.3. The number of carbonyl (C=O) groups excluding carboxylic acids is 1. The van der Waals surface area contributed by atoms with Crippen LogP contribution in [0.25, 0.3) is 0 Å². The first-order valence-electron chi connectivity index (χ1n) is 6.36. The highest BCUT2D eigenvalue weighted by atomic mass is 32.2. The lowest BCUT2D eigenvalue weighted by molar-refractivity contribution is -0.124. The van der Waals surface area contributed by atoms with Gasteiger partial charge in [0.1, 0.15) is 5.82 Å². The predicted octanol–water partition coefficient (Wildman–Crippen LogP) is 2.16. The standard InChI is InChI=1S/C14H21FN2OS/c1-10(11(2)16)14(18)17-7-8-19-9-12-5-3-4-6-13(12)15/h3-6,10-11H,7-9,16H2,1-2H3,(H,17,18). The molecule has 0 radical (unpaired) electrons. The van der Waals surface area contributed by atoms with E-state index in [-0.39, 0.29) is 23.7 Å². The monoisotopic (exact) mass is 284 g/mol. The number of nitrogens with two attached hydrogens (primary N) is 1. The van der Waals surface area contributed by atoms with Crippen LogP contribution in [0, 0.1) is 11.7 Å². The van der Waals surface area contributed by atoms with Crippen LogP contribution in [0.15, 0.2) is 24.3 Å². The van der Waals surface area contributed by atoms with Gasteiger partial charge in [0, 0.05) is 30.0 Å². The lowest BCUT2D eigenvalue weighted by atomic mass is 10.0. The quantitative estimate of drug-likeness (QED) is 0.754. The fraction of sp³-hybridized carbons (Fsp3) is 0.500. The van der Waals surface area contributed by atoms with Crippen molar-refractivity contribution in [3.63, 3.8) is 0 Å². The third-order valence-corrected chi connectivity index (χ3v) is 3.97. The molecule has 106 valence electrons. The molecule has 1 aromatic rings. The molecule has 0 fully saturated rings. The molecule has 0 spiro atoms. The summed E-state index contributed by atoms with van der Waals surface area (Å²) in [6.07, 6.45) is 0. The Bertz CT molecular complexity index is 412. The van der Waals surface area contributed by atoms with Crippen molar-refractivity contribution in [3.8, 4) is 0 Å². The Kier molecular flexibility index (Phi) is 6.87. The van der Waals surface area contributed by atoms with Gasteiger partial charge in [-0.3, -0.25) is 4.79 Å². The Morgan fingerprint density at radius 2 is 2.11 bits per heavy atom. The summed E-state index contributed by atoms with van der Waals surface area (Å²) in [5.74, 6) is 0.986. The van der Waals surface area contributed by atoms with Crippen molar-refractivity contribution in [2.75, 3.05) is 12.3 Å². The number of carbonyl (C=O) groups is 1. The zero-order valence-electron chi connectivity index (χ0n) is 11.4. The van der Waals surface area contributed by atoms with Gasteiger partial charge in [0.25, 0.3) is 0 Å². The second-order valence-corrected chi connectivity index (χ2v) is 5.69. The summed E-state index contributed by atoms with van der Waals surface area (Å²) in [6, 6.07) is 6.59. The molecule has 0 bridgehead atoms. The summed E-state index contributed by atoms with van der Waals surface area (Å²) in [7, 11) is 0.